The third kappa shape index (κ3) is 2.29. The van der Waals surface area contributed by atoms with Crippen molar-refractivity contribution in [1.82, 2.24) is 0 Å². The van der Waals surface area contributed by atoms with Gasteiger partial charge in [-0.15, -0.1) is 0 Å². The molecule has 0 radical (unpaired) electrons. The fraction of sp³-hybridized carbons (Fsp3) is 1.00. The van der Waals surface area contributed by atoms with Gasteiger partial charge in [0.2, 0.25) is 0 Å². The molecule has 1 aliphatic carbocycles. The second-order valence-electron chi connectivity index (χ2n) is 5.22. The molecule has 14 heavy (non-hydrogen) atoms. The molecule has 0 saturated heterocycles. The van der Waals surface area contributed by atoms with E-state index in [2.05, 4.69) is 20.8 Å². The van der Waals surface area contributed by atoms with Crippen LogP contribution in [0.4, 0.5) is 0 Å². The fourth-order valence-corrected chi connectivity index (χ4v) is 3.02. The van der Waals surface area contributed by atoms with Gasteiger partial charge in [-0.25, -0.2) is 0 Å². The van der Waals surface area contributed by atoms with Crippen LogP contribution in [0.3, 0.4) is 0 Å². The molecule has 0 spiro atoms. The molecule has 84 valence electrons. The number of methoxy groups -OCH3 is 2. The summed E-state index contributed by atoms with van der Waals surface area (Å²) in [4.78, 5) is 0. The first-order valence-electron chi connectivity index (χ1n) is 5.58. The normalized spacial score (nSPS) is 32.1. The van der Waals surface area contributed by atoms with Crippen molar-refractivity contribution in [3.8, 4) is 0 Å². The number of hydrogen-bond donors (Lipinski definition) is 0. The summed E-state index contributed by atoms with van der Waals surface area (Å²) in [6, 6.07) is 0. The van der Waals surface area contributed by atoms with Crippen LogP contribution in [0.5, 0.6) is 0 Å². The van der Waals surface area contributed by atoms with Gasteiger partial charge in [0, 0.05) is 20.1 Å². The Bertz CT molecular complexity index is 173. The summed E-state index contributed by atoms with van der Waals surface area (Å²) in [5, 5.41) is 0. The molecule has 2 unspecified atom stereocenters. The minimum absolute atomic E-state index is 0.0414. The maximum Gasteiger partial charge on any atom is 0.160 e. The summed E-state index contributed by atoms with van der Waals surface area (Å²) in [5.41, 5.74) is 0.342. The first-order chi connectivity index (χ1) is 6.53. The van der Waals surface area contributed by atoms with E-state index in [1.165, 1.54) is 19.3 Å². The molecule has 2 heteroatoms. The van der Waals surface area contributed by atoms with Crippen LogP contribution in [0.15, 0.2) is 0 Å². The third-order valence-electron chi connectivity index (χ3n) is 3.75. The van der Waals surface area contributed by atoms with Crippen molar-refractivity contribution < 1.29 is 9.47 Å². The summed E-state index contributed by atoms with van der Waals surface area (Å²) in [5.74, 6) is 1.22. The van der Waals surface area contributed by atoms with Crippen LogP contribution in [0.2, 0.25) is 0 Å². The molecule has 1 rings (SSSR count). The molecule has 0 bridgehead atoms. The lowest BCUT2D eigenvalue weighted by molar-refractivity contribution is -0.184. The summed E-state index contributed by atoms with van der Waals surface area (Å²) in [6.45, 7) is 6.98. The summed E-state index contributed by atoms with van der Waals surface area (Å²) in [6.07, 6.45) is 3.88. The molecule has 1 aliphatic rings. The molecule has 0 aromatic carbocycles. The Morgan fingerprint density at radius 3 is 2.21 bits per heavy atom. The third-order valence-corrected chi connectivity index (χ3v) is 3.75. The molecular formula is C12H24O2. The average Bonchev–Trinajstić information content (AvgIpc) is 2.11. The van der Waals surface area contributed by atoms with Gasteiger partial charge in [0.25, 0.3) is 0 Å². The van der Waals surface area contributed by atoms with Crippen molar-refractivity contribution in [1.29, 1.82) is 0 Å². The zero-order valence-corrected chi connectivity index (χ0v) is 10.2. The van der Waals surface area contributed by atoms with Crippen LogP contribution >= 0.6 is 0 Å². The minimum Gasteiger partial charge on any atom is -0.356 e. The van der Waals surface area contributed by atoms with E-state index < -0.39 is 0 Å². The van der Waals surface area contributed by atoms with E-state index in [0.29, 0.717) is 17.3 Å². The van der Waals surface area contributed by atoms with Gasteiger partial charge in [0.05, 0.1) is 0 Å². The smallest absolute Gasteiger partial charge is 0.160 e. The molecule has 0 amide bonds. The van der Waals surface area contributed by atoms with Crippen LogP contribution in [-0.4, -0.2) is 20.5 Å². The maximum atomic E-state index is 5.42. The maximum absolute atomic E-state index is 5.42. The van der Waals surface area contributed by atoms with Crippen LogP contribution in [-0.2, 0) is 9.47 Å². The second-order valence-corrected chi connectivity index (χ2v) is 5.22. The molecule has 0 heterocycles. The molecule has 1 fully saturated rings. The number of ether oxygens (including phenoxy) is 2. The molecule has 1 saturated carbocycles. The second kappa shape index (κ2) is 4.63. The zero-order valence-electron chi connectivity index (χ0n) is 10.2. The Morgan fingerprint density at radius 1 is 1.21 bits per heavy atom. The predicted octanol–water partition coefficient (Wildman–Crippen LogP) is 3.07. The average molecular weight is 200 g/mol. The molecule has 2 nitrogen and oxygen atoms in total. The van der Waals surface area contributed by atoms with Gasteiger partial charge in [-0.1, -0.05) is 33.6 Å². The lowest BCUT2D eigenvalue weighted by Gasteiger charge is -2.45. The standard InChI is InChI=1S/C12H24O2/c1-9-7-6-8-12(2,3)10(9)11(13-4)14-5/h9-11H,6-8H2,1-5H3. The van der Waals surface area contributed by atoms with Crippen LogP contribution < -0.4 is 0 Å². The Labute approximate surface area is 88.0 Å². The van der Waals surface area contributed by atoms with E-state index in [4.69, 9.17) is 9.47 Å². The Kier molecular flexibility index (Phi) is 3.96. The van der Waals surface area contributed by atoms with Crippen molar-refractivity contribution in [3.63, 3.8) is 0 Å². The van der Waals surface area contributed by atoms with Crippen molar-refractivity contribution in [2.75, 3.05) is 14.2 Å². The lowest BCUT2D eigenvalue weighted by Crippen LogP contribution is -2.43. The molecule has 2 atom stereocenters. The first-order valence-corrected chi connectivity index (χ1v) is 5.58. The van der Waals surface area contributed by atoms with Crippen molar-refractivity contribution >= 4 is 0 Å². The van der Waals surface area contributed by atoms with Crippen LogP contribution in [0.25, 0.3) is 0 Å². The molecule has 0 aliphatic heterocycles. The largest absolute Gasteiger partial charge is 0.356 e. The van der Waals surface area contributed by atoms with Gasteiger partial charge in [-0.05, 0) is 17.8 Å². The number of rotatable bonds is 3. The molecule has 0 aromatic heterocycles. The molecular weight excluding hydrogens is 176 g/mol. The molecule has 0 N–H and O–H groups in total. The predicted molar refractivity (Wildman–Crippen MR) is 58.1 cm³/mol. The van der Waals surface area contributed by atoms with Crippen molar-refractivity contribution in [2.24, 2.45) is 17.3 Å². The van der Waals surface area contributed by atoms with Gasteiger partial charge in [0.15, 0.2) is 6.29 Å². The van der Waals surface area contributed by atoms with Crippen molar-refractivity contribution in [2.45, 2.75) is 46.3 Å². The highest BCUT2D eigenvalue weighted by Gasteiger charge is 2.42. The van der Waals surface area contributed by atoms with E-state index in [9.17, 15) is 0 Å². The van der Waals surface area contributed by atoms with E-state index >= 15 is 0 Å². The Balaban J connectivity index is 2.78. The highest BCUT2D eigenvalue weighted by Crippen LogP contribution is 2.46. The summed E-state index contributed by atoms with van der Waals surface area (Å²) >= 11 is 0. The highest BCUT2D eigenvalue weighted by molar-refractivity contribution is 4.88. The van der Waals surface area contributed by atoms with Gasteiger partial charge < -0.3 is 9.47 Å². The SMILES string of the molecule is COC(OC)C1C(C)CCCC1(C)C. The van der Waals surface area contributed by atoms with E-state index in [1.807, 2.05) is 0 Å². The van der Waals surface area contributed by atoms with E-state index in [1.54, 1.807) is 14.2 Å². The summed E-state index contributed by atoms with van der Waals surface area (Å²) in [7, 11) is 3.48. The Morgan fingerprint density at radius 2 is 1.79 bits per heavy atom. The minimum atomic E-state index is -0.0414. The topological polar surface area (TPSA) is 18.5 Å². The fourth-order valence-electron chi connectivity index (χ4n) is 3.02. The zero-order chi connectivity index (χ0) is 10.8. The van der Waals surface area contributed by atoms with E-state index in [0.717, 1.165) is 0 Å². The molecule has 0 aromatic rings. The Hall–Kier alpha value is -0.0800. The monoisotopic (exact) mass is 200 g/mol. The van der Waals surface area contributed by atoms with Crippen LogP contribution in [0.1, 0.15) is 40.0 Å². The van der Waals surface area contributed by atoms with Gasteiger partial charge >= 0.3 is 0 Å². The summed E-state index contributed by atoms with van der Waals surface area (Å²) < 4.78 is 10.8. The van der Waals surface area contributed by atoms with E-state index in [-0.39, 0.29) is 6.29 Å². The quantitative estimate of drug-likeness (QED) is 0.652. The highest BCUT2D eigenvalue weighted by atomic mass is 16.7. The van der Waals surface area contributed by atoms with Gasteiger partial charge in [0.1, 0.15) is 0 Å². The van der Waals surface area contributed by atoms with Gasteiger partial charge in [-0.3, -0.25) is 0 Å². The lowest BCUT2D eigenvalue weighted by atomic mass is 9.64. The first kappa shape index (κ1) is 12.0. The number of hydrogen-bond acceptors (Lipinski definition) is 2. The van der Waals surface area contributed by atoms with Gasteiger partial charge in [-0.2, -0.15) is 0 Å². The van der Waals surface area contributed by atoms with Crippen molar-refractivity contribution in [3.05, 3.63) is 0 Å². The van der Waals surface area contributed by atoms with Crippen LogP contribution in [0, 0.1) is 17.3 Å².